The lowest BCUT2D eigenvalue weighted by Gasteiger charge is -2.51. The number of aryl methyl sites for hydroxylation is 1. The van der Waals surface area contributed by atoms with Gasteiger partial charge in [-0.1, -0.05) is 12.1 Å². The first-order valence-electron chi connectivity index (χ1n) is 11.5. The Morgan fingerprint density at radius 1 is 1.25 bits per heavy atom. The summed E-state index contributed by atoms with van der Waals surface area (Å²) < 4.78 is 62.1. The van der Waals surface area contributed by atoms with Crippen molar-refractivity contribution in [3.8, 4) is 0 Å². The summed E-state index contributed by atoms with van der Waals surface area (Å²) in [5, 5.41) is 3.69. The Morgan fingerprint density at radius 2 is 2.00 bits per heavy atom. The van der Waals surface area contributed by atoms with Crippen LogP contribution in [0.2, 0.25) is 0 Å². The molecule has 0 aliphatic carbocycles. The molecule has 0 bridgehead atoms. The lowest BCUT2D eigenvalue weighted by Crippen LogP contribution is -2.64. The molecule has 0 saturated carbocycles. The van der Waals surface area contributed by atoms with Crippen LogP contribution in [0.25, 0.3) is 11.0 Å². The average Bonchev–Trinajstić information content (AvgIpc) is 3.16. The number of halogens is 4. The normalized spacial score (nSPS) is 17.2. The van der Waals surface area contributed by atoms with Gasteiger partial charge in [0.1, 0.15) is 28.7 Å². The Balaban J connectivity index is 1.44. The standard InChI is InChI=1S/C24H26F4N6O2/c1-14-30-21(29-10-15-5-4-6-17(20(15)25)24(26,27)28)16-9-18-23(36-8-7-34(18)22(16)31-14)12-33(13-23)11-19(35)32(2)3/h4-6,9H,7-8,10-13H2,1-3H3,(H,29,30,31). The van der Waals surface area contributed by atoms with Gasteiger partial charge in [0.05, 0.1) is 29.8 Å². The van der Waals surface area contributed by atoms with E-state index in [1.165, 1.54) is 12.1 Å². The maximum absolute atomic E-state index is 14.5. The second-order valence-electron chi connectivity index (χ2n) is 9.44. The molecule has 192 valence electrons. The fourth-order valence-electron chi connectivity index (χ4n) is 4.87. The summed E-state index contributed by atoms with van der Waals surface area (Å²) in [5.74, 6) is -0.408. The Labute approximate surface area is 204 Å². The number of ether oxygens (including phenoxy) is 1. The largest absolute Gasteiger partial charge is 0.419 e. The monoisotopic (exact) mass is 506 g/mol. The first-order chi connectivity index (χ1) is 17.0. The zero-order chi connectivity index (χ0) is 25.8. The van der Waals surface area contributed by atoms with Gasteiger partial charge in [0, 0.05) is 45.8 Å². The van der Waals surface area contributed by atoms with Crippen molar-refractivity contribution in [3.05, 3.63) is 52.7 Å². The number of alkyl halides is 3. The Bertz CT molecular complexity index is 1330. The second kappa shape index (κ2) is 8.70. The number of amides is 1. The topological polar surface area (TPSA) is 75.5 Å². The Hall–Kier alpha value is -3.25. The van der Waals surface area contributed by atoms with Crippen molar-refractivity contribution >= 4 is 22.8 Å². The number of hydrogen-bond donors (Lipinski definition) is 1. The predicted octanol–water partition coefficient (Wildman–Crippen LogP) is 3.14. The zero-order valence-electron chi connectivity index (χ0n) is 20.1. The number of rotatable bonds is 5. The number of aromatic nitrogens is 3. The molecular weight excluding hydrogens is 480 g/mol. The fraction of sp³-hybridized carbons (Fsp3) is 0.458. The van der Waals surface area contributed by atoms with E-state index < -0.39 is 23.2 Å². The second-order valence-corrected chi connectivity index (χ2v) is 9.44. The van der Waals surface area contributed by atoms with Crippen LogP contribution in [0.15, 0.2) is 24.3 Å². The van der Waals surface area contributed by atoms with E-state index in [1.807, 2.05) is 11.0 Å². The summed E-state index contributed by atoms with van der Waals surface area (Å²) in [6, 6.07) is 5.14. The van der Waals surface area contributed by atoms with Gasteiger partial charge in [-0.15, -0.1) is 0 Å². The third-order valence-corrected chi connectivity index (χ3v) is 6.67. The third kappa shape index (κ3) is 4.17. The number of nitrogens with zero attached hydrogens (tertiary/aromatic N) is 5. The van der Waals surface area contributed by atoms with Crippen LogP contribution in [0.3, 0.4) is 0 Å². The van der Waals surface area contributed by atoms with Crippen molar-refractivity contribution in [1.82, 2.24) is 24.3 Å². The lowest BCUT2D eigenvalue weighted by atomic mass is 9.88. The number of carbonyl (C=O) groups is 1. The lowest BCUT2D eigenvalue weighted by molar-refractivity contribution is -0.173. The minimum atomic E-state index is -4.78. The molecule has 2 aliphatic rings. The fourth-order valence-corrected chi connectivity index (χ4v) is 4.87. The van der Waals surface area contributed by atoms with Crippen molar-refractivity contribution in [2.75, 3.05) is 45.7 Å². The number of benzene rings is 1. The molecule has 1 spiro atoms. The molecule has 0 unspecified atom stereocenters. The van der Waals surface area contributed by atoms with Gasteiger partial charge < -0.3 is 19.5 Å². The van der Waals surface area contributed by atoms with E-state index >= 15 is 0 Å². The van der Waals surface area contributed by atoms with Crippen LogP contribution in [0.4, 0.5) is 23.4 Å². The molecule has 1 N–H and O–H groups in total. The van der Waals surface area contributed by atoms with E-state index in [0.717, 1.165) is 11.8 Å². The summed E-state index contributed by atoms with van der Waals surface area (Å²) in [4.78, 5) is 24.7. The number of likely N-dealkylation sites (N-methyl/N-ethyl adjacent to an activating group) is 1. The van der Waals surface area contributed by atoms with Crippen LogP contribution in [0.5, 0.6) is 0 Å². The van der Waals surface area contributed by atoms with Crippen molar-refractivity contribution in [3.63, 3.8) is 0 Å². The number of carbonyl (C=O) groups excluding carboxylic acids is 1. The van der Waals surface area contributed by atoms with Crippen LogP contribution in [0.1, 0.15) is 22.6 Å². The maximum Gasteiger partial charge on any atom is 0.419 e. The average molecular weight is 507 g/mol. The van der Waals surface area contributed by atoms with Crippen molar-refractivity contribution < 1.29 is 27.1 Å². The van der Waals surface area contributed by atoms with Gasteiger partial charge in [0.2, 0.25) is 5.91 Å². The first kappa shape index (κ1) is 24.4. The molecule has 2 aliphatic heterocycles. The van der Waals surface area contributed by atoms with Crippen LogP contribution in [-0.4, -0.2) is 70.6 Å². The van der Waals surface area contributed by atoms with E-state index in [4.69, 9.17) is 4.74 Å². The Kier molecular flexibility index (Phi) is 5.91. The van der Waals surface area contributed by atoms with E-state index in [1.54, 1.807) is 25.9 Å². The zero-order valence-corrected chi connectivity index (χ0v) is 20.1. The Morgan fingerprint density at radius 3 is 2.69 bits per heavy atom. The molecule has 0 atom stereocenters. The van der Waals surface area contributed by atoms with Crippen molar-refractivity contribution in [1.29, 1.82) is 0 Å². The van der Waals surface area contributed by atoms with Gasteiger partial charge in [-0.3, -0.25) is 9.69 Å². The first-order valence-corrected chi connectivity index (χ1v) is 11.5. The van der Waals surface area contributed by atoms with Crippen molar-refractivity contribution in [2.24, 2.45) is 0 Å². The summed E-state index contributed by atoms with van der Waals surface area (Å²) in [7, 11) is 3.43. The van der Waals surface area contributed by atoms with Gasteiger partial charge in [0.15, 0.2) is 0 Å². The van der Waals surface area contributed by atoms with Crippen LogP contribution < -0.4 is 5.32 Å². The van der Waals surface area contributed by atoms with Crippen LogP contribution >= 0.6 is 0 Å². The van der Waals surface area contributed by atoms with Gasteiger partial charge in [-0.25, -0.2) is 14.4 Å². The van der Waals surface area contributed by atoms with E-state index in [0.29, 0.717) is 55.5 Å². The third-order valence-electron chi connectivity index (χ3n) is 6.67. The summed E-state index contributed by atoms with van der Waals surface area (Å²) in [5.41, 5.74) is -0.408. The van der Waals surface area contributed by atoms with E-state index in [2.05, 4.69) is 19.9 Å². The number of fused-ring (bicyclic) bond motifs is 4. The van der Waals surface area contributed by atoms with Gasteiger partial charge in [-0.05, 0) is 19.1 Å². The number of hydrogen-bond acceptors (Lipinski definition) is 6. The summed E-state index contributed by atoms with van der Waals surface area (Å²) in [6.07, 6.45) is -4.78. The molecule has 12 heteroatoms. The molecule has 1 aromatic carbocycles. The highest BCUT2D eigenvalue weighted by Gasteiger charge is 2.50. The number of nitrogens with one attached hydrogen (secondary N) is 1. The SMILES string of the molecule is Cc1nc(NCc2cccc(C(F)(F)F)c2F)c2cc3n(c2n1)CCOC31CN(CC(=O)N(C)C)C1. The minimum Gasteiger partial charge on any atom is -0.365 e. The highest BCUT2D eigenvalue weighted by Crippen LogP contribution is 2.42. The van der Waals surface area contributed by atoms with Gasteiger partial charge in [0.25, 0.3) is 0 Å². The molecule has 36 heavy (non-hydrogen) atoms. The highest BCUT2D eigenvalue weighted by atomic mass is 19.4. The molecule has 1 fully saturated rings. The van der Waals surface area contributed by atoms with Gasteiger partial charge in [-0.2, -0.15) is 13.2 Å². The smallest absolute Gasteiger partial charge is 0.365 e. The molecule has 3 aromatic rings. The molecule has 2 aromatic heterocycles. The summed E-state index contributed by atoms with van der Waals surface area (Å²) in [6.45, 7) is 4.00. The van der Waals surface area contributed by atoms with Gasteiger partial charge >= 0.3 is 6.18 Å². The van der Waals surface area contributed by atoms with E-state index in [-0.39, 0.29) is 18.0 Å². The van der Waals surface area contributed by atoms with Crippen molar-refractivity contribution in [2.45, 2.75) is 31.8 Å². The molecule has 0 radical (unpaired) electrons. The quantitative estimate of drug-likeness (QED) is 0.536. The molecule has 8 nitrogen and oxygen atoms in total. The number of anilines is 1. The molecule has 1 saturated heterocycles. The molecular formula is C24H26F4N6O2. The van der Waals surface area contributed by atoms with Crippen LogP contribution in [0, 0.1) is 12.7 Å². The molecule has 1 amide bonds. The minimum absolute atomic E-state index is 0.0102. The number of likely N-dealkylation sites (tertiary alicyclic amines) is 1. The highest BCUT2D eigenvalue weighted by molar-refractivity contribution is 5.89. The molecule has 5 rings (SSSR count). The summed E-state index contributed by atoms with van der Waals surface area (Å²) >= 11 is 0. The predicted molar refractivity (Wildman–Crippen MR) is 124 cm³/mol. The van der Waals surface area contributed by atoms with Crippen LogP contribution in [-0.2, 0) is 34.4 Å². The molecule has 4 heterocycles. The van der Waals surface area contributed by atoms with E-state index in [9.17, 15) is 22.4 Å². The maximum atomic E-state index is 14.5.